The SMILES string of the molecule is O/N=C1/c2ccccc2CC[C@H]1c1ccccc1. The first-order valence-corrected chi connectivity index (χ1v) is 6.25. The van der Waals surface area contributed by atoms with Gasteiger partial charge in [0.2, 0.25) is 0 Å². The Bertz CT molecular complexity index is 575. The number of hydrogen-bond donors (Lipinski definition) is 1. The molecule has 0 saturated carbocycles. The van der Waals surface area contributed by atoms with E-state index in [0.29, 0.717) is 0 Å². The average molecular weight is 237 g/mol. The van der Waals surface area contributed by atoms with Gasteiger partial charge in [-0.25, -0.2) is 0 Å². The van der Waals surface area contributed by atoms with E-state index < -0.39 is 0 Å². The second kappa shape index (κ2) is 4.65. The molecule has 1 aliphatic carbocycles. The molecule has 0 saturated heterocycles. The van der Waals surface area contributed by atoms with E-state index in [1.54, 1.807) is 0 Å². The van der Waals surface area contributed by atoms with Gasteiger partial charge < -0.3 is 5.21 Å². The molecular weight excluding hydrogens is 222 g/mol. The van der Waals surface area contributed by atoms with Gasteiger partial charge in [-0.2, -0.15) is 0 Å². The maximum Gasteiger partial charge on any atom is 0.0945 e. The van der Waals surface area contributed by atoms with Crippen LogP contribution in [0.5, 0.6) is 0 Å². The zero-order valence-corrected chi connectivity index (χ0v) is 10.1. The molecule has 1 N–H and O–H groups in total. The van der Waals surface area contributed by atoms with Crippen LogP contribution < -0.4 is 0 Å². The molecule has 2 aromatic rings. The van der Waals surface area contributed by atoms with E-state index in [2.05, 4.69) is 23.4 Å². The topological polar surface area (TPSA) is 32.6 Å². The van der Waals surface area contributed by atoms with Gasteiger partial charge in [-0.3, -0.25) is 0 Å². The van der Waals surface area contributed by atoms with Crippen molar-refractivity contribution in [3.8, 4) is 0 Å². The van der Waals surface area contributed by atoms with Crippen molar-refractivity contribution in [1.82, 2.24) is 0 Å². The van der Waals surface area contributed by atoms with Crippen molar-refractivity contribution in [2.45, 2.75) is 18.8 Å². The number of hydrogen-bond acceptors (Lipinski definition) is 2. The van der Waals surface area contributed by atoms with Crippen molar-refractivity contribution in [2.75, 3.05) is 0 Å². The molecule has 3 rings (SSSR count). The lowest BCUT2D eigenvalue weighted by Gasteiger charge is -2.25. The molecule has 0 amide bonds. The zero-order chi connectivity index (χ0) is 12.4. The highest BCUT2D eigenvalue weighted by Gasteiger charge is 2.26. The van der Waals surface area contributed by atoms with E-state index in [1.807, 2.05) is 36.4 Å². The zero-order valence-electron chi connectivity index (χ0n) is 10.1. The minimum absolute atomic E-state index is 0.200. The van der Waals surface area contributed by atoms with Gasteiger partial charge in [0, 0.05) is 11.5 Å². The van der Waals surface area contributed by atoms with Crippen LogP contribution in [0.1, 0.15) is 29.0 Å². The summed E-state index contributed by atoms with van der Waals surface area (Å²) in [6.45, 7) is 0. The number of aryl methyl sites for hydroxylation is 1. The summed E-state index contributed by atoms with van der Waals surface area (Å²) < 4.78 is 0. The highest BCUT2D eigenvalue weighted by Crippen LogP contribution is 2.32. The molecule has 2 aromatic carbocycles. The highest BCUT2D eigenvalue weighted by atomic mass is 16.4. The minimum Gasteiger partial charge on any atom is -0.411 e. The normalized spacial score (nSPS) is 20.7. The van der Waals surface area contributed by atoms with Crippen LogP contribution in [0, 0.1) is 0 Å². The van der Waals surface area contributed by atoms with Crippen molar-refractivity contribution in [2.24, 2.45) is 5.16 Å². The quantitative estimate of drug-likeness (QED) is 0.596. The van der Waals surface area contributed by atoms with Crippen LogP contribution in [0.4, 0.5) is 0 Å². The number of oxime groups is 1. The van der Waals surface area contributed by atoms with Crippen LogP contribution in [0.2, 0.25) is 0 Å². The molecule has 0 bridgehead atoms. The number of rotatable bonds is 1. The first-order chi connectivity index (χ1) is 8.90. The third-order valence-electron chi connectivity index (χ3n) is 3.64. The van der Waals surface area contributed by atoms with Gasteiger partial charge in [0.05, 0.1) is 5.71 Å². The first kappa shape index (κ1) is 11.0. The Morgan fingerprint density at radius 2 is 1.67 bits per heavy atom. The van der Waals surface area contributed by atoms with Crippen molar-refractivity contribution in [1.29, 1.82) is 0 Å². The molecular formula is C16H15NO. The van der Waals surface area contributed by atoms with E-state index in [0.717, 1.165) is 24.1 Å². The molecule has 1 atom stereocenters. The summed E-state index contributed by atoms with van der Waals surface area (Å²) in [6.07, 6.45) is 2.04. The fourth-order valence-corrected chi connectivity index (χ4v) is 2.75. The second-order valence-corrected chi connectivity index (χ2v) is 4.64. The van der Waals surface area contributed by atoms with Gasteiger partial charge in [0.25, 0.3) is 0 Å². The van der Waals surface area contributed by atoms with Gasteiger partial charge in [-0.1, -0.05) is 59.8 Å². The Hall–Kier alpha value is -2.09. The number of fused-ring (bicyclic) bond motifs is 1. The highest BCUT2D eigenvalue weighted by molar-refractivity contribution is 6.06. The van der Waals surface area contributed by atoms with E-state index in [4.69, 9.17) is 0 Å². The summed E-state index contributed by atoms with van der Waals surface area (Å²) in [5.41, 5.74) is 4.38. The smallest absolute Gasteiger partial charge is 0.0945 e. The molecule has 0 spiro atoms. The van der Waals surface area contributed by atoms with Gasteiger partial charge >= 0.3 is 0 Å². The number of benzene rings is 2. The Morgan fingerprint density at radius 1 is 0.944 bits per heavy atom. The maximum atomic E-state index is 9.36. The molecule has 90 valence electrons. The van der Waals surface area contributed by atoms with Gasteiger partial charge in [0.1, 0.15) is 0 Å². The molecule has 18 heavy (non-hydrogen) atoms. The van der Waals surface area contributed by atoms with Crippen molar-refractivity contribution < 1.29 is 5.21 Å². The van der Waals surface area contributed by atoms with Gasteiger partial charge in [-0.15, -0.1) is 0 Å². The third kappa shape index (κ3) is 1.80. The van der Waals surface area contributed by atoms with Crippen molar-refractivity contribution >= 4 is 5.71 Å². The number of nitrogens with zero attached hydrogens (tertiary/aromatic N) is 1. The lowest BCUT2D eigenvalue weighted by Crippen LogP contribution is -2.21. The van der Waals surface area contributed by atoms with E-state index in [1.165, 1.54) is 11.1 Å². The summed E-state index contributed by atoms with van der Waals surface area (Å²) in [4.78, 5) is 0. The largest absolute Gasteiger partial charge is 0.411 e. The molecule has 2 heteroatoms. The monoisotopic (exact) mass is 237 g/mol. The van der Waals surface area contributed by atoms with E-state index in [-0.39, 0.29) is 5.92 Å². The summed E-state index contributed by atoms with van der Waals surface area (Å²) in [7, 11) is 0. The molecule has 0 heterocycles. The predicted octanol–water partition coefficient (Wildman–Crippen LogP) is 3.59. The first-order valence-electron chi connectivity index (χ1n) is 6.25. The Morgan fingerprint density at radius 3 is 2.44 bits per heavy atom. The summed E-state index contributed by atoms with van der Waals surface area (Å²) in [5.74, 6) is 0.200. The Labute approximate surface area is 107 Å². The van der Waals surface area contributed by atoms with Crippen LogP contribution in [-0.2, 0) is 6.42 Å². The van der Waals surface area contributed by atoms with Gasteiger partial charge in [-0.05, 0) is 24.0 Å². The van der Waals surface area contributed by atoms with Crippen LogP contribution in [0.25, 0.3) is 0 Å². The van der Waals surface area contributed by atoms with Crippen molar-refractivity contribution in [3.63, 3.8) is 0 Å². The van der Waals surface area contributed by atoms with Crippen LogP contribution in [0.15, 0.2) is 59.8 Å². The van der Waals surface area contributed by atoms with Gasteiger partial charge in [0.15, 0.2) is 0 Å². The summed E-state index contributed by atoms with van der Waals surface area (Å²) >= 11 is 0. The molecule has 0 unspecified atom stereocenters. The maximum absolute atomic E-state index is 9.36. The summed E-state index contributed by atoms with van der Waals surface area (Å²) in [5, 5.41) is 12.9. The second-order valence-electron chi connectivity index (χ2n) is 4.64. The Kier molecular flexibility index (Phi) is 2.85. The van der Waals surface area contributed by atoms with Crippen molar-refractivity contribution in [3.05, 3.63) is 71.3 Å². The van der Waals surface area contributed by atoms with E-state index in [9.17, 15) is 5.21 Å². The lowest BCUT2D eigenvalue weighted by molar-refractivity contribution is 0.316. The standard InChI is InChI=1S/C16H15NO/c18-17-16-14-9-5-4-8-13(14)10-11-15(16)12-6-2-1-3-7-12/h1-9,15,18H,10-11H2/b17-16-/t15-/m0/s1. The molecule has 1 aliphatic rings. The van der Waals surface area contributed by atoms with E-state index >= 15 is 0 Å². The molecule has 0 aromatic heterocycles. The fraction of sp³-hybridized carbons (Fsp3) is 0.188. The molecule has 0 radical (unpaired) electrons. The summed E-state index contributed by atoms with van der Waals surface area (Å²) in [6, 6.07) is 18.5. The molecule has 2 nitrogen and oxygen atoms in total. The predicted molar refractivity (Wildman–Crippen MR) is 72.3 cm³/mol. The molecule has 0 aliphatic heterocycles. The lowest BCUT2D eigenvalue weighted by atomic mass is 9.78. The van der Waals surface area contributed by atoms with Crippen LogP contribution in [0.3, 0.4) is 0 Å². The minimum atomic E-state index is 0.200. The molecule has 0 fully saturated rings. The fourth-order valence-electron chi connectivity index (χ4n) is 2.75. The van der Waals surface area contributed by atoms with Crippen LogP contribution in [-0.4, -0.2) is 10.9 Å². The Balaban J connectivity index is 2.06. The third-order valence-corrected chi connectivity index (χ3v) is 3.64. The average Bonchev–Trinajstić information content (AvgIpc) is 2.47. The van der Waals surface area contributed by atoms with Crippen LogP contribution >= 0.6 is 0 Å².